The van der Waals surface area contributed by atoms with Crippen molar-refractivity contribution in [2.75, 3.05) is 11.8 Å². The van der Waals surface area contributed by atoms with Gasteiger partial charge in [0.1, 0.15) is 16.9 Å². The van der Waals surface area contributed by atoms with Gasteiger partial charge >= 0.3 is 5.63 Å². The molecule has 7 nitrogen and oxygen atoms in total. The number of hydrogen-bond acceptors (Lipinski definition) is 6. The van der Waals surface area contributed by atoms with Crippen LogP contribution < -0.4 is 15.1 Å². The lowest BCUT2D eigenvalue weighted by atomic mass is 10.0. The number of anilines is 1. The van der Waals surface area contributed by atoms with Crippen LogP contribution in [0.3, 0.4) is 0 Å². The summed E-state index contributed by atoms with van der Waals surface area (Å²) in [7, 11) is -2.34. The predicted molar refractivity (Wildman–Crippen MR) is 121 cm³/mol. The van der Waals surface area contributed by atoms with Crippen LogP contribution in [-0.2, 0) is 10.0 Å². The lowest BCUT2D eigenvalue weighted by molar-refractivity contribution is 0.103. The SMILES string of the molecule is COc1ccc(S(=O)(=O)Nc2ccc(C(=O)c3cc4cc(Cl)ccc4oc3=O)cc2)cc1. The van der Waals surface area contributed by atoms with Crippen molar-refractivity contribution in [2.45, 2.75) is 4.90 Å². The van der Waals surface area contributed by atoms with E-state index in [0.29, 0.717) is 21.7 Å². The largest absolute Gasteiger partial charge is 0.497 e. The molecule has 0 aliphatic rings. The minimum atomic E-state index is -3.83. The van der Waals surface area contributed by atoms with E-state index in [-0.39, 0.29) is 21.7 Å². The number of sulfonamides is 1. The topological polar surface area (TPSA) is 103 Å². The summed E-state index contributed by atoms with van der Waals surface area (Å²) in [5, 5.41) is 0.961. The molecule has 1 N–H and O–H groups in total. The molecule has 32 heavy (non-hydrogen) atoms. The van der Waals surface area contributed by atoms with E-state index in [2.05, 4.69) is 4.72 Å². The number of carbonyl (C=O) groups is 1. The molecule has 0 atom stereocenters. The summed E-state index contributed by atoms with van der Waals surface area (Å²) in [5.41, 5.74) is -0.138. The zero-order valence-electron chi connectivity index (χ0n) is 16.7. The van der Waals surface area contributed by atoms with Gasteiger partial charge < -0.3 is 9.15 Å². The molecule has 4 rings (SSSR count). The first-order chi connectivity index (χ1) is 15.3. The summed E-state index contributed by atoms with van der Waals surface area (Å²) in [6.07, 6.45) is 0. The number of hydrogen-bond donors (Lipinski definition) is 1. The monoisotopic (exact) mass is 469 g/mol. The maximum atomic E-state index is 12.8. The smallest absolute Gasteiger partial charge is 0.347 e. The molecular weight excluding hydrogens is 454 g/mol. The number of fused-ring (bicyclic) bond motifs is 1. The molecule has 0 bridgehead atoms. The standard InChI is InChI=1S/C23H16ClNO6S/c1-30-18-7-9-19(10-8-18)32(28,29)25-17-5-2-14(3-6-17)22(26)20-13-15-12-16(24)4-11-21(15)31-23(20)27/h2-13,25H,1H3. The van der Waals surface area contributed by atoms with Gasteiger partial charge in [0.15, 0.2) is 5.78 Å². The molecule has 0 unspecified atom stereocenters. The molecular formula is C23H16ClNO6S. The molecule has 9 heteroatoms. The Morgan fingerprint density at radius 2 is 1.66 bits per heavy atom. The minimum absolute atomic E-state index is 0.0610. The van der Waals surface area contributed by atoms with Gasteiger partial charge in [0.05, 0.1) is 12.0 Å². The molecule has 0 fully saturated rings. The van der Waals surface area contributed by atoms with Gasteiger partial charge in [0, 0.05) is 21.7 Å². The van der Waals surface area contributed by atoms with E-state index in [1.165, 1.54) is 49.6 Å². The van der Waals surface area contributed by atoms with E-state index in [0.717, 1.165) is 0 Å². The van der Waals surface area contributed by atoms with Crippen molar-refractivity contribution in [2.24, 2.45) is 0 Å². The zero-order chi connectivity index (χ0) is 22.9. The van der Waals surface area contributed by atoms with Crippen molar-refractivity contribution >= 4 is 44.1 Å². The van der Waals surface area contributed by atoms with Crippen LogP contribution in [0.4, 0.5) is 5.69 Å². The third-order valence-electron chi connectivity index (χ3n) is 4.71. The summed E-state index contributed by atoms with van der Waals surface area (Å²) in [6, 6.07) is 17.8. The van der Waals surface area contributed by atoms with Crippen LogP contribution >= 0.6 is 11.6 Å². The molecule has 0 saturated carbocycles. The van der Waals surface area contributed by atoms with E-state index in [4.69, 9.17) is 20.8 Å². The van der Waals surface area contributed by atoms with Crippen molar-refractivity contribution in [1.29, 1.82) is 0 Å². The van der Waals surface area contributed by atoms with Crippen LogP contribution in [0.2, 0.25) is 5.02 Å². The van der Waals surface area contributed by atoms with Crippen molar-refractivity contribution < 1.29 is 22.4 Å². The summed E-state index contributed by atoms with van der Waals surface area (Å²) >= 11 is 5.97. The van der Waals surface area contributed by atoms with Gasteiger partial charge in [-0.3, -0.25) is 9.52 Å². The second-order valence-corrected chi connectivity index (χ2v) is 8.94. The van der Waals surface area contributed by atoms with Crippen molar-refractivity contribution in [1.82, 2.24) is 0 Å². The molecule has 1 heterocycles. The summed E-state index contributed by atoms with van der Waals surface area (Å²) < 4.78 is 37.8. The Bertz CT molecular complexity index is 1480. The number of nitrogens with one attached hydrogen (secondary N) is 1. The number of carbonyl (C=O) groups excluding carboxylic acids is 1. The molecule has 0 spiro atoms. The minimum Gasteiger partial charge on any atom is -0.497 e. The van der Waals surface area contributed by atoms with Crippen molar-refractivity contribution in [3.63, 3.8) is 0 Å². The van der Waals surface area contributed by atoms with E-state index in [1.54, 1.807) is 30.3 Å². The highest BCUT2D eigenvalue weighted by Gasteiger charge is 2.18. The molecule has 0 aliphatic heterocycles. The van der Waals surface area contributed by atoms with Gasteiger partial charge in [-0.15, -0.1) is 0 Å². The highest BCUT2D eigenvalue weighted by molar-refractivity contribution is 7.92. The van der Waals surface area contributed by atoms with E-state index >= 15 is 0 Å². The second kappa shape index (κ2) is 8.49. The molecule has 0 radical (unpaired) electrons. The number of ether oxygens (including phenoxy) is 1. The van der Waals surface area contributed by atoms with E-state index < -0.39 is 21.4 Å². The van der Waals surface area contributed by atoms with E-state index in [1.807, 2.05) is 0 Å². The second-order valence-electron chi connectivity index (χ2n) is 6.82. The Morgan fingerprint density at radius 3 is 2.31 bits per heavy atom. The van der Waals surface area contributed by atoms with Gasteiger partial charge in [0.25, 0.3) is 10.0 Å². The maximum absolute atomic E-state index is 12.8. The van der Waals surface area contributed by atoms with E-state index in [9.17, 15) is 18.0 Å². The number of ketones is 1. The summed E-state index contributed by atoms with van der Waals surface area (Å²) in [6.45, 7) is 0. The average molecular weight is 470 g/mol. The zero-order valence-corrected chi connectivity index (χ0v) is 18.2. The molecule has 1 aromatic heterocycles. The molecule has 0 saturated heterocycles. The molecule has 162 valence electrons. The molecule has 0 amide bonds. The molecule has 4 aromatic rings. The fraction of sp³-hybridized carbons (Fsp3) is 0.0435. The molecule has 0 aliphatic carbocycles. The lowest BCUT2D eigenvalue weighted by Gasteiger charge is -2.09. The highest BCUT2D eigenvalue weighted by atomic mass is 35.5. The Morgan fingerprint density at radius 1 is 0.969 bits per heavy atom. The van der Waals surface area contributed by atoms with Crippen LogP contribution in [0.5, 0.6) is 5.75 Å². The summed E-state index contributed by atoms with van der Waals surface area (Å²) in [4.78, 5) is 25.2. The quantitative estimate of drug-likeness (QED) is 0.330. The highest BCUT2D eigenvalue weighted by Crippen LogP contribution is 2.22. The van der Waals surface area contributed by atoms with Crippen LogP contribution in [0.1, 0.15) is 15.9 Å². The van der Waals surface area contributed by atoms with Crippen LogP contribution in [0.15, 0.2) is 86.9 Å². The Labute approximate surface area is 188 Å². The Kier molecular flexibility index (Phi) is 5.73. The number of benzene rings is 3. The third kappa shape index (κ3) is 4.37. The average Bonchev–Trinajstić information content (AvgIpc) is 2.79. The first-order valence-electron chi connectivity index (χ1n) is 9.32. The Hall–Kier alpha value is -3.62. The van der Waals surface area contributed by atoms with Crippen molar-refractivity contribution in [3.8, 4) is 5.75 Å². The van der Waals surface area contributed by atoms with Crippen LogP contribution in [0, 0.1) is 0 Å². The van der Waals surface area contributed by atoms with Crippen molar-refractivity contribution in [3.05, 3.63) is 99.4 Å². The third-order valence-corrected chi connectivity index (χ3v) is 6.34. The number of halogens is 1. The Balaban J connectivity index is 1.58. The first-order valence-corrected chi connectivity index (χ1v) is 11.2. The predicted octanol–water partition coefficient (Wildman–Crippen LogP) is 4.49. The van der Waals surface area contributed by atoms with Gasteiger partial charge in [-0.2, -0.15) is 0 Å². The van der Waals surface area contributed by atoms with Gasteiger partial charge in [-0.25, -0.2) is 13.2 Å². The summed E-state index contributed by atoms with van der Waals surface area (Å²) in [5.74, 6) is -0.0163. The normalized spacial score (nSPS) is 11.3. The van der Waals surface area contributed by atoms with Gasteiger partial charge in [-0.1, -0.05) is 11.6 Å². The lowest BCUT2D eigenvalue weighted by Crippen LogP contribution is -2.15. The number of methoxy groups -OCH3 is 1. The van der Waals surface area contributed by atoms with Gasteiger partial charge in [0.2, 0.25) is 0 Å². The first kappa shape index (κ1) is 21.6. The fourth-order valence-corrected chi connectivity index (χ4v) is 4.31. The van der Waals surface area contributed by atoms with Crippen LogP contribution in [0.25, 0.3) is 11.0 Å². The van der Waals surface area contributed by atoms with Crippen LogP contribution in [-0.4, -0.2) is 21.3 Å². The molecule has 3 aromatic carbocycles. The fourth-order valence-electron chi connectivity index (χ4n) is 3.07. The maximum Gasteiger partial charge on any atom is 0.347 e. The number of rotatable bonds is 6. The van der Waals surface area contributed by atoms with Gasteiger partial charge in [-0.05, 0) is 72.8 Å².